The van der Waals surface area contributed by atoms with Crippen LogP contribution in [0.25, 0.3) is 0 Å². The van der Waals surface area contributed by atoms with Crippen molar-refractivity contribution in [3.63, 3.8) is 0 Å². The molecule has 1 saturated carbocycles. The Labute approximate surface area is 271 Å². The Morgan fingerprint density at radius 3 is 2.27 bits per heavy atom. The van der Waals surface area contributed by atoms with Gasteiger partial charge in [-0.1, -0.05) is 31.9 Å². The van der Waals surface area contributed by atoms with Crippen LogP contribution in [0.3, 0.4) is 0 Å². The molecule has 2 amide bonds. The number of ether oxygens (including phenoxy) is 2. The second-order valence-corrected chi connectivity index (χ2v) is 13.6. The Kier molecular flexibility index (Phi) is 12.2. The minimum absolute atomic E-state index is 0.0624. The minimum atomic E-state index is -4.17. The first-order valence-corrected chi connectivity index (χ1v) is 18.0. The number of thioether (sulfide) groups is 1. The van der Waals surface area contributed by atoms with Gasteiger partial charge in [-0.2, -0.15) is 0 Å². The van der Waals surface area contributed by atoms with E-state index in [-0.39, 0.29) is 23.4 Å². The SMILES string of the molecule is CCOc1ccc(N(CC(=O)N(Cc2cccc(OC)c2)[C@@H](CC)C(=O)NC2CCCC2)S(=O)(=O)c2ccc(SC)cc2)cc1. The summed E-state index contributed by atoms with van der Waals surface area (Å²) in [5, 5.41) is 3.14. The van der Waals surface area contributed by atoms with Crippen LogP contribution in [0.5, 0.6) is 11.5 Å². The van der Waals surface area contributed by atoms with Crippen LogP contribution >= 0.6 is 11.8 Å². The first-order chi connectivity index (χ1) is 21.7. The van der Waals surface area contributed by atoms with E-state index in [1.54, 1.807) is 55.6 Å². The summed E-state index contributed by atoms with van der Waals surface area (Å²) < 4.78 is 40.4. The van der Waals surface area contributed by atoms with Crippen LogP contribution in [-0.4, -0.2) is 63.7 Å². The van der Waals surface area contributed by atoms with Gasteiger partial charge in [0.05, 0.1) is 24.3 Å². The van der Waals surface area contributed by atoms with Gasteiger partial charge in [-0.15, -0.1) is 11.8 Å². The maximum absolute atomic E-state index is 14.4. The van der Waals surface area contributed by atoms with Gasteiger partial charge in [0.15, 0.2) is 0 Å². The summed E-state index contributed by atoms with van der Waals surface area (Å²) in [5.41, 5.74) is 1.07. The zero-order chi connectivity index (χ0) is 32.4. The van der Waals surface area contributed by atoms with Gasteiger partial charge < -0.3 is 19.7 Å². The molecule has 1 atom stereocenters. The van der Waals surface area contributed by atoms with E-state index in [0.717, 1.165) is 40.4 Å². The van der Waals surface area contributed by atoms with Crippen molar-refractivity contribution < 1.29 is 27.5 Å². The number of hydrogen-bond donors (Lipinski definition) is 1. The first-order valence-electron chi connectivity index (χ1n) is 15.3. The highest BCUT2D eigenvalue weighted by molar-refractivity contribution is 7.98. The van der Waals surface area contributed by atoms with Crippen molar-refractivity contribution in [3.05, 3.63) is 78.4 Å². The van der Waals surface area contributed by atoms with Crippen LogP contribution < -0.4 is 19.1 Å². The maximum atomic E-state index is 14.4. The minimum Gasteiger partial charge on any atom is -0.497 e. The lowest BCUT2D eigenvalue weighted by atomic mass is 10.1. The third kappa shape index (κ3) is 8.73. The molecule has 1 N–H and O–H groups in total. The van der Waals surface area contributed by atoms with Crippen molar-refractivity contribution in [2.24, 2.45) is 0 Å². The van der Waals surface area contributed by atoms with Crippen molar-refractivity contribution in [2.45, 2.75) is 74.4 Å². The molecule has 1 aliphatic rings. The summed E-state index contributed by atoms with van der Waals surface area (Å²) in [5.74, 6) is 0.479. The third-order valence-electron chi connectivity index (χ3n) is 7.94. The summed E-state index contributed by atoms with van der Waals surface area (Å²) in [6.07, 6.45) is 6.21. The molecule has 0 saturated heterocycles. The fourth-order valence-corrected chi connectivity index (χ4v) is 7.36. The lowest BCUT2D eigenvalue weighted by Gasteiger charge is -2.34. The van der Waals surface area contributed by atoms with E-state index in [1.807, 2.05) is 44.4 Å². The van der Waals surface area contributed by atoms with E-state index >= 15 is 0 Å². The number of methoxy groups -OCH3 is 1. The van der Waals surface area contributed by atoms with Gasteiger partial charge in [0.2, 0.25) is 11.8 Å². The number of amides is 2. The summed E-state index contributed by atoms with van der Waals surface area (Å²) in [7, 11) is -2.61. The number of carbonyl (C=O) groups is 2. The molecule has 1 aliphatic carbocycles. The highest BCUT2D eigenvalue weighted by Crippen LogP contribution is 2.28. The molecule has 0 spiro atoms. The van der Waals surface area contributed by atoms with E-state index in [9.17, 15) is 18.0 Å². The number of carbonyl (C=O) groups excluding carboxylic acids is 2. The molecule has 9 nitrogen and oxygen atoms in total. The second kappa shape index (κ2) is 16.0. The molecular formula is C34H43N3O6S2. The predicted molar refractivity (Wildman–Crippen MR) is 178 cm³/mol. The molecule has 11 heteroatoms. The highest BCUT2D eigenvalue weighted by atomic mass is 32.2. The highest BCUT2D eigenvalue weighted by Gasteiger charge is 2.34. The largest absolute Gasteiger partial charge is 0.497 e. The summed E-state index contributed by atoms with van der Waals surface area (Å²) in [4.78, 5) is 30.5. The van der Waals surface area contributed by atoms with Crippen LogP contribution in [0.1, 0.15) is 51.5 Å². The van der Waals surface area contributed by atoms with Crippen LogP contribution in [0.15, 0.2) is 82.6 Å². The molecular weight excluding hydrogens is 611 g/mol. The van der Waals surface area contributed by atoms with Gasteiger partial charge in [0.1, 0.15) is 24.1 Å². The van der Waals surface area contributed by atoms with Crippen molar-refractivity contribution >= 4 is 39.3 Å². The van der Waals surface area contributed by atoms with Gasteiger partial charge in [0, 0.05) is 17.5 Å². The molecule has 3 aromatic rings. The number of nitrogens with zero attached hydrogens (tertiary/aromatic N) is 2. The average molecular weight is 654 g/mol. The molecule has 0 heterocycles. The van der Waals surface area contributed by atoms with Gasteiger partial charge in [-0.25, -0.2) is 8.42 Å². The standard InChI is InChI=1S/C34H43N3O6S2/c1-5-32(34(39)35-26-11-7-8-12-26)36(23-25-10-9-13-29(22-25)42-3)33(38)24-37(27-14-16-28(17-15-27)43-6-2)45(40,41)31-20-18-30(44-4)19-21-31/h9-10,13-22,26,32H,5-8,11-12,23-24H2,1-4H3,(H,35,39)/t32-/m0/s1. The molecule has 0 radical (unpaired) electrons. The number of anilines is 1. The lowest BCUT2D eigenvalue weighted by Crippen LogP contribution is -2.53. The zero-order valence-corrected chi connectivity index (χ0v) is 28.0. The Morgan fingerprint density at radius 2 is 1.67 bits per heavy atom. The zero-order valence-electron chi connectivity index (χ0n) is 26.4. The van der Waals surface area contributed by atoms with E-state index in [2.05, 4.69) is 5.32 Å². The number of sulfonamides is 1. The molecule has 242 valence electrons. The fourth-order valence-electron chi connectivity index (χ4n) is 5.53. The normalized spacial score (nSPS) is 14.0. The number of benzene rings is 3. The Morgan fingerprint density at radius 1 is 0.978 bits per heavy atom. The van der Waals surface area contributed by atoms with Crippen LogP contribution in [0.4, 0.5) is 5.69 Å². The third-order valence-corrected chi connectivity index (χ3v) is 10.5. The van der Waals surface area contributed by atoms with Crippen molar-refractivity contribution in [3.8, 4) is 11.5 Å². The van der Waals surface area contributed by atoms with Crippen LogP contribution in [0, 0.1) is 0 Å². The van der Waals surface area contributed by atoms with Crippen molar-refractivity contribution in [1.82, 2.24) is 10.2 Å². The van der Waals surface area contributed by atoms with Gasteiger partial charge in [-0.05, 0) is 98.7 Å². The molecule has 45 heavy (non-hydrogen) atoms. The second-order valence-electron chi connectivity index (χ2n) is 10.9. The molecule has 0 aliphatic heterocycles. The summed E-state index contributed by atoms with van der Waals surface area (Å²) in [6.45, 7) is 3.79. The molecule has 0 aromatic heterocycles. The summed E-state index contributed by atoms with van der Waals surface area (Å²) in [6, 6.07) is 19.8. The molecule has 1 fully saturated rings. The van der Waals surface area contributed by atoms with Gasteiger partial charge in [0.25, 0.3) is 10.0 Å². The predicted octanol–water partition coefficient (Wildman–Crippen LogP) is 5.88. The summed E-state index contributed by atoms with van der Waals surface area (Å²) >= 11 is 1.51. The number of nitrogens with one attached hydrogen (secondary N) is 1. The molecule has 0 unspecified atom stereocenters. The molecule has 0 bridgehead atoms. The molecule has 4 rings (SSSR count). The number of hydrogen-bond acceptors (Lipinski definition) is 7. The van der Waals surface area contributed by atoms with E-state index in [1.165, 1.54) is 16.7 Å². The first kappa shape index (κ1) is 34.2. The Bertz CT molecular complexity index is 1520. The lowest BCUT2D eigenvalue weighted by molar-refractivity contribution is -0.140. The molecule has 3 aromatic carbocycles. The average Bonchev–Trinajstić information content (AvgIpc) is 3.57. The van der Waals surface area contributed by atoms with Crippen LogP contribution in [-0.2, 0) is 26.2 Å². The van der Waals surface area contributed by atoms with Gasteiger partial charge >= 0.3 is 0 Å². The van der Waals surface area contributed by atoms with Crippen molar-refractivity contribution in [1.29, 1.82) is 0 Å². The van der Waals surface area contributed by atoms with E-state index in [0.29, 0.717) is 30.2 Å². The fraction of sp³-hybridized carbons (Fsp3) is 0.412. The topological polar surface area (TPSA) is 105 Å². The van der Waals surface area contributed by atoms with Crippen LogP contribution in [0.2, 0.25) is 0 Å². The number of rotatable bonds is 15. The monoisotopic (exact) mass is 653 g/mol. The van der Waals surface area contributed by atoms with E-state index in [4.69, 9.17) is 9.47 Å². The quantitative estimate of drug-likeness (QED) is 0.204. The smallest absolute Gasteiger partial charge is 0.264 e. The Balaban J connectivity index is 1.72. The maximum Gasteiger partial charge on any atom is 0.264 e. The van der Waals surface area contributed by atoms with Gasteiger partial charge in [-0.3, -0.25) is 13.9 Å². The van der Waals surface area contributed by atoms with E-state index < -0.39 is 28.5 Å². The Hall–Kier alpha value is -3.70. The van der Waals surface area contributed by atoms with Crippen molar-refractivity contribution in [2.75, 3.05) is 30.8 Å².